The molecule has 0 saturated heterocycles. The lowest BCUT2D eigenvalue weighted by atomic mass is 9.98. The van der Waals surface area contributed by atoms with Gasteiger partial charge in [0.2, 0.25) is 0 Å². The van der Waals surface area contributed by atoms with Crippen molar-refractivity contribution in [3.05, 3.63) is 88.0 Å². The summed E-state index contributed by atoms with van der Waals surface area (Å²) in [6.45, 7) is 1.70. The molecule has 0 aliphatic heterocycles. The number of hydrogen-bond acceptors (Lipinski definition) is 7. The van der Waals surface area contributed by atoms with E-state index in [4.69, 9.17) is 4.74 Å². The highest BCUT2D eigenvalue weighted by molar-refractivity contribution is 5.95. The molecule has 1 N–H and O–H groups in total. The third kappa shape index (κ3) is 3.07. The van der Waals surface area contributed by atoms with Crippen LogP contribution in [0.2, 0.25) is 0 Å². The Kier molecular flexibility index (Phi) is 4.83. The Morgan fingerprint density at radius 3 is 2.41 bits per heavy atom. The minimum atomic E-state index is -0.690. The second kappa shape index (κ2) is 7.26. The number of allylic oxidation sites excluding steroid dienone is 1. The fourth-order valence-corrected chi connectivity index (χ4v) is 3.22. The van der Waals surface area contributed by atoms with Crippen molar-refractivity contribution >= 4 is 28.8 Å². The maximum atomic E-state index is 11.4. The zero-order valence-corrected chi connectivity index (χ0v) is 14.9. The number of hydrogen-bond donors (Lipinski definition) is 1. The van der Waals surface area contributed by atoms with Crippen LogP contribution in [0.5, 0.6) is 0 Å². The molecule has 2 aromatic rings. The van der Waals surface area contributed by atoms with Crippen LogP contribution < -0.4 is 10.4 Å². The summed E-state index contributed by atoms with van der Waals surface area (Å²) in [7, 11) is 0. The topological polar surface area (TPSA) is 162 Å². The number of nitriles is 1. The van der Waals surface area contributed by atoms with Gasteiger partial charge in [-0.25, -0.2) is 5.87 Å². The van der Waals surface area contributed by atoms with Gasteiger partial charge in [0.1, 0.15) is 6.07 Å². The van der Waals surface area contributed by atoms with Crippen molar-refractivity contribution in [1.82, 2.24) is 0 Å². The lowest BCUT2D eigenvalue weighted by Crippen LogP contribution is -2.14. The Morgan fingerprint density at radius 1 is 1.17 bits per heavy atom. The van der Waals surface area contributed by atoms with E-state index in [9.17, 15) is 36.0 Å². The van der Waals surface area contributed by atoms with E-state index in [0.717, 1.165) is 12.1 Å². The van der Waals surface area contributed by atoms with E-state index in [1.165, 1.54) is 18.2 Å². The smallest absolute Gasteiger partial charge is 0.285 e. The number of aliphatic hydroxyl groups excluding tert-OH is 1. The van der Waals surface area contributed by atoms with Gasteiger partial charge in [-0.15, -0.1) is 0 Å². The van der Waals surface area contributed by atoms with Crippen LogP contribution in [0.15, 0.2) is 35.9 Å². The quantitative estimate of drug-likeness (QED) is 0.350. The molecule has 10 heteroatoms. The number of aliphatic hydroxyl groups is 1. The highest BCUT2D eigenvalue weighted by Crippen LogP contribution is 2.27. The van der Waals surface area contributed by atoms with Crippen LogP contribution in [0.1, 0.15) is 12.5 Å². The molecule has 0 spiro atoms. The first-order valence-corrected chi connectivity index (χ1v) is 8.19. The Hall–Kier alpha value is -4.48. The molecule has 3 rings (SSSR count). The molecule has 144 valence electrons. The summed E-state index contributed by atoms with van der Waals surface area (Å²) in [6.07, 6.45) is 0. The SMILES string of the molecule is CCOC(O)=c1cc([N+](=O)[O-])cc2c1=c1ccc([N+](=O)[O-])cc1=C2C(=C=[N-])C#N. The Bertz CT molecular complexity index is 1400. The number of fused-ring (bicyclic) bond motifs is 2. The van der Waals surface area contributed by atoms with Gasteiger partial charge in [-0.1, -0.05) is 0 Å². The van der Waals surface area contributed by atoms with Gasteiger partial charge >= 0.3 is 0 Å². The second-order valence-corrected chi connectivity index (χ2v) is 5.87. The minimum absolute atomic E-state index is 0.0172. The van der Waals surface area contributed by atoms with E-state index in [2.05, 4.69) is 0 Å². The lowest BCUT2D eigenvalue weighted by Gasteiger charge is -2.06. The summed E-state index contributed by atoms with van der Waals surface area (Å²) >= 11 is 0. The number of nitro benzene ring substituents is 2. The first kappa shape index (κ1) is 19.3. The van der Waals surface area contributed by atoms with Crippen LogP contribution in [0, 0.1) is 42.0 Å². The van der Waals surface area contributed by atoms with Gasteiger partial charge in [-0.3, -0.25) is 20.2 Å². The van der Waals surface area contributed by atoms with Crippen molar-refractivity contribution < 1.29 is 19.7 Å². The van der Waals surface area contributed by atoms with Gasteiger partial charge < -0.3 is 15.3 Å². The van der Waals surface area contributed by atoms with E-state index < -0.39 is 21.5 Å². The van der Waals surface area contributed by atoms with Gasteiger partial charge in [0.25, 0.3) is 17.3 Å². The summed E-state index contributed by atoms with van der Waals surface area (Å²) in [5.74, 6) is 1.15. The number of benzene rings is 2. The average molecular weight is 391 g/mol. The Balaban J connectivity index is 2.69. The molecule has 29 heavy (non-hydrogen) atoms. The van der Waals surface area contributed by atoms with E-state index in [-0.39, 0.29) is 44.7 Å². The molecule has 0 heterocycles. The summed E-state index contributed by atoms with van der Waals surface area (Å²) in [5.41, 5.74) is -0.891. The van der Waals surface area contributed by atoms with Crippen LogP contribution in [0.3, 0.4) is 0 Å². The highest BCUT2D eigenvalue weighted by atomic mass is 16.6. The van der Waals surface area contributed by atoms with E-state index >= 15 is 0 Å². The monoisotopic (exact) mass is 391 g/mol. The summed E-state index contributed by atoms with van der Waals surface area (Å²) in [5, 5.41) is 52.5. The maximum Gasteiger partial charge on any atom is 0.285 e. The molecule has 10 nitrogen and oxygen atoms in total. The molecule has 0 saturated carbocycles. The van der Waals surface area contributed by atoms with Crippen molar-refractivity contribution in [2.45, 2.75) is 6.92 Å². The lowest BCUT2D eigenvalue weighted by molar-refractivity contribution is -0.385. The summed E-state index contributed by atoms with van der Waals surface area (Å²) < 4.78 is 5.11. The Morgan fingerprint density at radius 2 is 1.86 bits per heavy atom. The molecule has 0 aromatic heterocycles. The number of nitrogens with zero attached hydrogens (tertiary/aromatic N) is 4. The van der Waals surface area contributed by atoms with Crippen LogP contribution in [0.25, 0.3) is 16.9 Å². The average Bonchev–Trinajstić information content (AvgIpc) is 3.02. The number of ether oxygens (including phenoxy) is 1. The van der Waals surface area contributed by atoms with Crippen LogP contribution in [-0.4, -0.2) is 27.4 Å². The van der Waals surface area contributed by atoms with E-state index in [1.807, 2.05) is 0 Å². The van der Waals surface area contributed by atoms with Gasteiger partial charge in [0, 0.05) is 35.1 Å². The molecular formula is C19H11N4O6-. The van der Waals surface area contributed by atoms with Crippen LogP contribution in [-0.2, 0) is 4.74 Å². The fraction of sp³-hybridized carbons (Fsp3) is 0.105. The molecule has 0 atom stereocenters. The summed E-state index contributed by atoms with van der Waals surface area (Å²) in [4.78, 5) is 21.3. The predicted octanol–water partition coefficient (Wildman–Crippen LogP) is 1.65. The molecule has 1 aliphatic rings. The zero-order chi connectivity index (χ0) is 21.3. The standard InChI is InChI=1S/C19H11N4O6/c1-2-29-19(24)16-7-12(23(27)28)6-15-17(10(8-20)9-21)14-5-11(22(25)26)3-4-13(14)18(15)16/h3-7,24H,2H2,1H3/q-1. The molecule has 1 aliphatic carbocycles. The van der Waals surface area contributed by atoms with Gasteiger partial charge in [0.05, 0.1) is 27.2 Å². The highest BCUT2D eigenvalue weighted by Gasteiger charge is 2.23. The first-order chi connectivity index (χ1) is 13.8. The molecule has 0 radical (unpaired) electrons. The van der Waals surface area contributed by atoms with Crippen molar-refractivity contribution in [1.29, 1.82) is 5.26 Å². The van der Waals surface area contributed by atoms with Gasteiger partial charge in [-0.05, 0) is 29.0 Å². The van der Waals surface area contributed by atoms with Crippen LogP contribution >= 0.6 is 0 Å². The maximum absolute atomic E-state index is 11.4. The number of rotatable bonds is 5. The van der Waals surface area contributed by atoms with Crippen molar-refractivity contribution in [2.24, 2.45) is 0 Å². The van der Waals surface area contributed by atoms with E-state index in [1.54, 1.807) is 18.9 Å². The van der Waals surface area contributed by atoms with E-state index in [0.29, 0.717) is 5.22 Å². The van der Waals surface area contributed by atoms with Gasteiger partial charge in [0.15, 0.2) is 0 Å². The molecular weight excluding hydrogens is 380 g/mol. The van der Waals surface area contributed by atoms with Crippen molar-refractivity contribution in [3.63, 3.8) is 0 Å². The number of non-ortho nitro benzene ring substituents is 2. The molecule has 0 bridgehead atoms. The molecule has 0 fully saturated rings. The molecule has 2 aromatic carbocycles. The van der Waals surface area contributed by atoms with Gasteiger partial charge in [-0.2, -0.15) is 5.26 Å². The Labute approximate surface area is 162 Å². The summed E-state index contributed by atoms with van der Waals surface area (Å²) in [6, 6.07) is 7.81. The van der Waals surface area contributed by atoms with Crippen molar-refractivity contribution in [2.75, 3.05) is 6.61 Å². The second-order valence-electron chi connectivity index (χ2n) is 5.87. The van der Waals surface area contributed by atoms with Crippen molar-refractivity contribution in [3.8, 4) is 6.07 Å². The third-order valence-electron chi connectivity index (χ3n) is 4.34. The molecule has 0 unspecified atom stereocenters. The predicted molar refractivity (Wildman–Crippen MR) is 101 cm³/mol. The minimum Gasteiger partial charge on any atom is -0.762 e. The first-order valence-electron chi connectivity index (χ1n) is 8.19. The van der Waals surface area contributed by atoms with Crippen LogP contribution in [0.4, 0.5) is 11.4 Å². The zero-order valence-electron chi connectivity index (χ0n) is 14.9. The number of nitro groups is 2. The third-order valence-corrected chi connectivity index (χ3v) is 4.34. The molecule has 0 amide bonds. The largest absolute Gasteiger partial charge is 0.762 e. The fourth-order valence-electron chi connectivity index (χ4n) is 3.22. The normalized spacial score (nSPS) is 12.2.